The topological polar surface area (TPSA) is 120 Å². The Bertz CT molecular complexity index is 945. The molecule has 27 heavy (non-hydrogen) atoms. The van der Waals surface area contributed by atoms with Gasteiger partial charge in [0, 0.05) is 13.0 Å². The summed E-state index contributed by atoms with van der Waals surface area (Å²) in [5.74, 6) is 4.91. The largest absolute Gasteiger partial charge is 0.467 e. The van der Waals surface area contributed by atoms with E-state index in [0.717, 1.165) is 27.6 Å². The molecule has 0 aliphatic carbocycles. The first-order valence-corrected chi connectivity index (χ1v) is 9.19. The Hall–Kier alpha value is -2.88. The Labute approximate surface area is 159 Å². The van der Waals surface area contributed by atoms with Crippen LogP contribution in [0.25, 0.3) is 0 Å². The number of fused-ring (bicyclic) bond motifs is 1. The zero-order chi connectivity index (χ0) is 19.6. The van der Waals surface area contributed by atoms with E-state index < -0.39 is 17.6 Å². The number of nitrogens with zero attached hydrogens (tertiary/aromatic N) is 4. The number of aryl methyl sites for hydroxylation is 1. The van der Waals surface area contributed by atoms with Crippen LogP contribution in [0.15, 0.2) is 34.2 Å². The predicted octanol–water partition coefficient (Wildman–Crippen LogP) is -0.121. The molecule has 2 heterocycles. The van der Waals surface area contributed by atoms with E-state index in [2.05, 4.69) is 10.2 Å². The first-order chi connectivity index (χ1) is 12.9. The third kappa shape index (κ3) is 3.80. The molecule has 1 atom stereocenters. The maximum Gasteiger partial charge on any atom is 0.328 e. The minimum Gasteiger partial charge on any atom is -0.467 e. The van der Waals surface area contributed by atoms with Gasteiger partial charge in [-0.15, -0.1) is 10.2 Å². The zero-order valence-electron chi connectivity index (χ0n) is 14.9. The summed E-state index contributed by atoms with van der Waals surface area (Å²) in [6.45, 7) is 1.81. The number of carbonyl (C=O) groups is 2. The van der Waals surface area contributed by atoms with Gasteiger partial charge in [-0.2, -0.15) is 4.68 Å². The summed E-state index contributed by atoms with van der Waals surface area (Å²) in [4.78, 5) is 38.3. The Morgan fingerprint density at radius 2 is 2.00 bits per heavy atom. The summed E-state index contributed by atoms with van der Waals surface area (Å²) < 4.78 is 5.73. The number of hydrogen-bond acceptors (Lipinski definition) is 8. The molecule has 10 heteroatoms. The average Bonchev–Trinajstić information content (AvgIpc) is 2.69. The van der Waals surface area contributed by atoms with Crippen molar-refractivity contribution in [2.24, 2.45) is 0 Å². The van der Waals surface area contributed by atoms with Crippen LogP contribution in [0.2, 0.25) is 0 Å². The average molecular weight is 389 g/mol. The van der Waals surface area contributed by atoms with Gasteiger partial charge in [0.15, 0.2) is 0 Å². The van der Waals surface area contributed by atoms with Gasteiger partial charge in [0.1, 0.15) is 11.7 Å². The predicted molar refractivity (Wildman–Crippen MR) is 98.4 cm³/mol. The molecule has 0 spiro atoms. The molecule has 3 rings (SSSR count). The van der Waals surface area contributed by atoms with Gasteiger partial charge in [-0.25, -0.2) is 4.79 Å². The molecule has 0 radical (unpaired) electrons. The second-order valence-electron chi connectivity index (χ2n) is 6.07. The molecular formula is C17H19N5O4S. The first-order valence-electron chi connectivity index (χ1n) is 8.20. The van der Waals surface area contributed by atoms with Crippen molar-refractivity contribution >= 4 is 23.6 Å². The van der Waals surface area contributed by atoms with Crippen molar-refractivity contribution in [1.82, 2.24) is 19.8 Å². The molecule has 1 aromatic heterocycles. The number of rotatable bonds is 4. The number of amides is 1. The number of carbonyl (C=O) groups excluding carboxylic acids is 2. The SMILES string of the molecule is COC(=O)[C@H]1Cc2ccccc2CN1C(=O)CSc1nnc(C)c(=O)n1N. The molecule has 9 nitrogen and oxygen atoms in total. The standard InChI is InChI=1S/C17H19N5O4S/c1-10-15(24)22(18)17(20-19-10)27-9-14(23)21-8-12-6-4-3-5-11(12)7-13(21)16(25)26-2/h3-6,13H,7-9,18H2,1-2H3/t13-/m1/s1. The fourth-order valence-corrected chi connectivity index (χ4v) is 3.65. The van der Waals surface area contributed by atoms with E-state index in [9.17, 15) is 14.4 Å². The Balaban J connectivity index is 1.79. The van der Waals surface area contributed by atoms with Crippen molar-refractivity contribution < 1.29 is 14.3 Å². The van der Waals surface area contributed by atoms with Gasteiger partial charge in [-0.1, -0.05) is 36.0 Å². The molecular weight excluding hydrogens is 370 g/mol. The van der Waals surface area contributed by atoms with Gasteiger partial charge in [-0.3, -0.25) is 9.59 Å². The lowest BCUT2D eigenvalue weighted by atomic mass is 9.94. The monoisotopic (exact) mass is 389 g/mol. The van der Waals surface area contributed by atoms with Gasteiger partial charge >= 0.3 is 5.97 Å². The molecule has 1 aliphatic heterocycles. The lowest BCUT2D eigenvalue weighted by Crippen LogP contribution is -2.49. The van der Waals surface area contributed by atoms with Crippen LogP contribution < -0.4 is 11.4 Å². The summed E-state index contributed by atoms with van der Waals surface area (Å²) in [5, 5.41) is 7.71. The Kier molecular flexibility index (Phi) is 5.45. The van der Waals surface area contributed by atoms with Gasteiger partial charge in [0.05, 0.1) is 12.9 Å². The molecule has 1 aliphatic rings. The molecule has 0 saturated heterocycles. The maximum atomic E-state index is 12.8. The number of nitrogens with two attached hydrogens (primary N) is 1. The van der Waals surface area contributed by atoms with Crippen molar-refractivity contribution in [3.8, 4) is 0 Å². The number of ether oxygens (including phenoxy) is 1. The van der Waals surface area contributed by atoms with Crippen LogP contribution in [-0.4, -0.2) is 50.6 Å². The fourth-order valence-electron chi connectivity index (χ4n) is 2.91. The van der Waals surface area contributed by atoms with Crippen LogP contribution >= 0.6 is 11.8 Å². The molecule has 0 bridgehead atoms. The number of thioether (sulfide) groups is 1. The van der Waals surface area contributed by atoms with Crippen LogP contribution in [0.4, 0.5) is 0 Å². The molecule has 0 fully saturated rings. The van der Waals surface area contributed by atoms with E-state index in [0.29, 0.717) is 13.0 Å². The van der Waals surface area contributed by atoms with Crippen molar-refractivity contribution in [2.75, 3.05) is 18.7 Å². The molecule has 2 aromatic rings. The van der Waals surface area contributed by atoms with Crippen LogP contribution in [0.1, 0.15) is 16.8 Å². The molecule has 2 N–H and O–H groups in total. The Morgan fingerprint density at radius 1 is 1.30 bits per heavy atom. The third-order valence-corrected chi connectivity index (χ3v) is 5.31. The second kappa shape index (κ2) is 7.78. The lowest BCUT2D eigenvalue weighted by Gasteiger charge is -2.35. The van der Waals surface area contributed by atoms with Crippen LogP contribution in [0, 0.1) is 6.92 Å². The van der Waals surface area contributed by atoms with Gasteiger partial charge in [0.25, 0.3) is 5.56 Å². The lowest BCUT2D eigenvalue weighted by molar-refractivity contribution is -0.153. The van der Waals surface area contributed by atoms with E-state index in [-0.39, 0.29) is 22.5 Å². The highest BCUT2D eigenvalue weighted by Crippen LogP contribution is 2.25. The van der Waals surface area contributed by atoms with Crippen molar-refractivity contribution in [3.63, 3.8) is 0 Å². The van der Waals surface area contributed by atoms with E-state index in [1.54, 1.807) is 0 Å². The van der Waals surface area contributed by atoms with Crippen molar-refractivity contribution in [2.45, 2.75) is 31.1 Å². The quantitative estimate of drug-likeness (QED) is 0.436. The van der Waals surface area contributed by atoms with Crippen LogP contribution in [0.5, 0.6) is 0 Å². The van der Waals surface area contributed by atoms with Crippen LogP contribution in [0.3, 0.4) is 0 Å². The van der Waals surface area contributed by atoms with E-state index in [4.69, 9.17) is 10.6 Å². The maximum absolute atomic E-state index is 12.8. The highest BCUT2D eigenvalue weighted by Gasteiger charge is 2.35. The van der Waals surface area contributed by atoms with Crippen LogP contribution in [-0.2, 0) is 27.3 Å². The first kappa shape index (κ1) is 18.9. The highest BCUT2D eigenvalue weighted by molar-refractivity contribution is 7.99. The second-order valence-corrected chi connectivity index (χ2v) is 7.01. The smallest absolute Gasteiger partial charge is 0.328 e. The zero-order valence-corrected chi connectivity index (χ0v) is 15.7. The number of methoxy groups -OCH3 is 1. The number of aromatic nitrogens is 3. The van der Waals surface area contributed by atoms with E-state index in [1.807, 2.05) is 24.3 Å². The number of esters is 1. The van der Waals surface area contributed by atoms with E-state index in [1.165, 1.54) is 18.9 Å². The minimum absolute atomic E-state index is 0.0377. The summed E-state index contributed by atoms with van der Waals surface area (Å²) in [5.41, 5.74) is 1.71. The number of nitrogen functional groups attached to an aromatic ring is 1. The molecule has 142 valence electrons. The summed E-state index contributed by atoms with van der Waals surface area (Å²) in [7, 11) is 1.30. The summed E-state index contributed by atoms with van der Waals surface area (Å²) in [6.07, 6.45) is 0.394. The van der Waals surface area contributed by atoms with Crippen molar-refractivity contribution in [1.29, 1.82) is 0 Å². The van der Waals surface area contributed by atoms with Gasteiger partial charge in [-0.05, 0) is 18.1 Å². The highest BCUT2D eigenvalue weighted by atomic mass is 32.2. The minimum atomic E-state index is -0.692. The Morgan fingerprint density at radius 3 is 2.70 bits per heavy atom. The molecule has 0 unspecified atom stereocenters. The summed E-state index contributed by atoms with van der Waals surface area (Å²) >= 11 is 0.995. The fraction of sp³-hybridized carbons (Fsp3) is 0.353. The number of benzene rings is 1. The van der Waals surface area contributed by atoms with Crippen molar-refractivity contribution in [3.05, 3.63) is 51.4 Å². The van der Waals surface area contributed by atoms with Gasteiger partial charge in [0.2, 0.25) is 11.1 Å². The number of hydrogen-bond donors (Lipinski definition) is 1. The van der Waals surface area contributed by atoms with Gasteiger partial charge < -0.3 is 15.5 Å². The normalized spacial score (nSPS) is 15.9. The molecule has 1 aromatic carbocycles. The third-order valence-electron chi connectivity index (χ3n) is 4.39. The molecule has 1 amide bonds. The molecule has 0 saturated carbocycles. The summed E-state index contributed by atoms with van der Waals surface area (Å²) in [6, 6.07) is 6.97. The van der Waals surface area contributed by atoms with E-state index >= 15 is 0 Å².